The Hall–Kier alpha value is -1.31. The third-order valence-electron chi connectivity index (χ3n) is 2.47. The lowest BCUT2D eigenvalue weighted by Crippen LogP contribution is -2.35. The molecule has 18 heavy (non-hydrogen) atoms. The highest BCUT2D eigenvalue weighted by atomic mass is 32.1. The van der Waals surface area contributed by atoms with Gasteiger partial charge in [-0.05, 0) is 12.8 Å². The molecule has 2 rings (SSSR count). The molecule has 100 valence electrons. The van der Waals surface area contributed by atoms with Crippen molar-refractivity contribution in [2.45, 2.75) is 25.1 Å². The van der Waals surface area contributed by atoms with Gasteiger partial charge in [-0.3, -0.25) is 0 Å². The number of hydrogen-bond acceptors (Lipinski definition) is 5. The van der Waals surface area contributed by atoms with Crippen LogP contribution in [0.3, 0.4) is 0 Å². The summed E-state index contributed by atoms with van der Waals surface area (Å²) in [4.78, 5) is 16.3. The molecular formula is C10H11F3N2O2S. The molecule has 1 aromatic rings. The van der Waals surface area contributed by atoms with Gasteiger partial charge in [0.05, 0.1) is 7.11 Å². The maximum Gasteiger partial charge on any atom is 0.406 e. The molecule has 1 aromatic heterocycles. The number of thiazole rings is 1. The van der Waals surface area contributed by atoms with E-state index in [1.807, 2.05) is 0 Å². The van der Waals surface area contributed by atoms with Crippen molar-refractivity contribution in [2.75, 3.05) is 18.6 Å². The first-order valence-electron chi connectivity index (χ1n) is 5.28. The average molecular weight is 280 g/mol. The van der Waals surface area contributed by atoms with Gasteiger partial charge >= 0.3 is 12.1 Å². The second-order valence-corrected chi connectivity index (χ2v) is 4.82. The number of rotatable bonds is 4. The van der Waals surface area contributed by atoms with E-state index >= 15 is 0 Å². The molecule has 1 saturated carbocycles. The van der Waals surface area contributed by atoms with Gasteiger partial charge in [0.25, 0.3) is 0 Å². The number of carbonyl (C=O) groups excluding carboxylic acids is 1. The number of nitrogens with zero attached hydrogens (tertiary/aromatic N) is 2. The Morgan fingerprint density at radius 2 is 2.28 bits per heavy atom. The quantitative estimate of drug-likeness (QED) is 0.795. The summed E-state index contributed by atoms with van der Waals surface area (Å²) in [6, 6.07) is -0.122. The molecule has 0 amide bonds. The zero-order valence-electron chi connectivity index (χ0n) is 9.53. The Morgan fingerprint density at radius 3 is 2.78 bits per heavy atom. The van der Waals surface area contributed by atoms with E-state index in [9.17, 15) is 18.0 Å². The minimum Gasteiger partial charge on any atom is -0.464 e. The second-order valence-electron chi connectivity index (χ2n) is 3.98. The summed E-state index contributed by atoms with van der Waals surface area (Å²) in [5.74, 6) is -0.639. The van der Waals surface area contributed by atoms with Gasteiger partial charge < -0.3 is 9.64 Å². The second kappa shape index (κ2) is 4.75. The van der Waals surface area contributed by atoms with E-state index in [1.54, 1.807) is 0 Å². The van der Waals surface area contributed by atoms with Gasteiger partial charge in [-0.15, -0.1) is 11.3 Å². The first kappa shape index (κ1) is 13.1. The summed E-state index contributed by atoms with van der Waals surface area (Å²) < 4.78 is 41.8. The predicted octanol–water partition coefficient (Wildman–Crippen LogP) is 2.46. The van der Waals surface area contributed by atoms with Crippen LogP contribution in [0.4, 0.5) is 18.3 Å². The molecule has 0 atom stereocenters. The summed E-state index contributed by atoms with van der Waals surface area (Å²) in [6.45, 7) is -1.04. The van der Waals surface area contributed by atoms with Gasteiger partial charge in [-0.1, -0.05) is 0 Å². The number of esters is 1. The van der Waals surface area contributed by atoms with Crippen molar-refractivity contribution in [3.05, 3.63) is 11.1 Å². The van der Waals surface area contributed by atoms with Crippen LogP contribution in [0.15, 0.2) is 5.38 Å². The molecule has 8 heteroatoms. The molecule has 0 aromatic carbocycles. The van der Waals surface area contributed by atoms with Gasteiger partial charge in [0.1, 0.15) is 6.54 Å². The van der Waals surface area contributed by atoms with E-state index in [0.717, 1.165) is 24.2 Å². The van der Waals surface area contributed by atoms with Gasteiger partial charge in [0.2, 0.25) is 0 Å². The van der Waals surface area contributed by atoms with Crippen molar-refractivity contribution < 1.29 is 22.7 Å². The predicted molar refractivity (Wildman–Crippen MR) is 59.9 cm³/mol. The van der Waals surface area contributed by atoms with Gasteiger partial charge in [-0.2, -0.15) is 13.2 Å². The van der Waals surface area contributed by atoms with E-state index in [2.05, 4.69) is 9.72 Å². The van der Waals surface area contributed by atoms with Crippen molar-refractivity contribution in [3.8, 4) is 0 Å². The molecule has 1 aliphatic carbocycles. The highest BCUT2D eigenvalue weighted by Gasteiger charge is 2.39. The normalized spacial score (nSPS) is 15.6. The van der Waals surface area contributed by atoms with Gasteiger partial charge in [-0.25, -0.2) is 9.78 Å². The lowest BCUT2D eigenvalue weighted by Gasteiger charge is -2.22. The van der Waals surface area contributed by atoms with Gasteiger partial charge in [0.15, 0.2) is 10.8 Å². The summed E-state index contributed by atoms with van der Waals surface area (Å²) in [6.07, 6.45) is -2.83. The van der Waals surface area contributed by atoms with E-state index < -0.39 is 18.7 Å². The van der Waals surface area contributed by atoms with Crippen molar-refractivity contribution >= 4 is 22.4 Å². The lowest BCUT2D eigenvalue weighted by atomic mass is 10.5. The Bertz CT molecular complexity index is 443. The summed E-state index contributed by atoms with van der Waals surface area (Å²) in [5, 5.41) is 1.63. The SMILES string of the molecule is COC(=O)c1csc(N(CC(F)(F)F)C2CC2)n1. The van der Waals surface area contributed by atoms with Crippen LogP contribution in [-0.2, 0) is 4.74 Å². The number of carbonyl (C=O) groups is 1. The molecule has 1 fully saturated rings. The molecule has 0 unspecified atom stereocenters. The average Bonchev–Trinajstić information content (AvgIpc) is 3.01. The number of aromatic nitrogens is 1. The highest BCUT2D eigenvalue weighted by Crippen LogP contribution is 2.35. The van der Waals surface area contributed by atoms with E-state index in [-0.39, 0.29) is 16.9 Å². The smallest absolute Gasteiger partial charge is 0.406 e. The van der Waals surface area contributed by atoms with Crippen molar-refractivity contribution in [1.82, 2.24) is 4.98 Å². The standard InChI is InChI=1S/C10H11F3N2O2S/c1-17-8(16)7-4-18-9(14-7)15(6-2-3-6)5-10(11,12)13/h4,6H,2-3,5H2,1H3. The lowest BCUT2D eigenvalue weighted by molar-refractivity contribution is -0.120. The monoisotopic (exact) mass is 280 g/mol. The number of alkyl halides is 3. The maximum atomic E-state index is 12.5. The molecular weight excluding hydrogens is 269 g/mol. The Labute approximate surface area is 105 Å². The number of ether oxygens (including phenoxy) is 1. The number of halogens is 3. The van der Waals surface area contributed by atoms with Crippen LogP contribution in [0.25, 0.3) is 0 Å². The third-order valence-corrected chi connectivity index (χ3v) is 3.35. The van der Waals surface area contributed by atoms with Crippen LogP contribution < -0.4 is 4.90 Å². The summed E-state index contributed by atoms with van der Waals surface area (Å²) in [7, 11) is 1.20. The molecule has 0 spiro atoms. The maximum absolute atomic E-state index is 12.5. The largest absolute Gasteiger partial charge is 0.464 e. The number of methoxy groups -OCH3 is 1. The molecule has 1 aliphatic rings. The molecule has 0 radical (unpaired) electrons. The Balaban J connectivity index is 2.16. The molecule has 0 N–H and O–H groups in total. The topological polar surface area (TPSA) is 42.4 Å². The summed E-state index contributed by atoms with van der Waals surface area (Å²) in [5.41, 5.74) is 0.0466. The molecule has 0 saturated heterocycles. The van der Waals surface area contributed by atoms with E-state index in [0.29, 0.717) is 0 Å². The molecule has 0 bridgehead atoms. The fourth-order valence-electron chi connectivity index (χ4n) is 1.53. The van der Waals surface area contributed by atoms with Crippen LogP contribution in [0.2, 0.25) is 0 Å². The zero-order chi connectivity index (χ0) is 13.3. The van der Waals surface area contributed by atoms with Crippen molar-refractivity contribution in [1.29, 1.82) is 0 Å². The molecule has 0 aliphatic heterocycles. The molecule has 1 heterocycles. The van der Waals surface area contributed by atoms with Crippen molar-refractivity contribution in [3.63, 3.8) is 0 Å². The third kappa shape index (κ3) is 3.12. The van der Waals surface area contributed by atoms with E-state index in [4.69, 9.17) is 0 Å². The van der Waals surface area contributed by atoms with Crippen LogP contribution in [0.5, 0.6) is 0 Å². The van der Waals surface area contributed by atoms with Crippen molar-refractivity contribution in [2.24, 2.45) is 0 Å². The first-order valence-corrected chi connectivity index (χ1v) is 6.16. The fraction of sp³-hybridized carbons (Fsp3) is 0.600. The molecule has 4 nitrogen and oxygen atoms in total. The van der Waals surface area contributed by atoms with Crippen LogP contribution in [-0.4, -0.2) is 36.8 Å². The van der Waals surface area contributed by atoms with Crippen LogP contribution >= 0.6 is 11.3 Å². The zero-order valence-corrected chi connectivity index (χ0v) is 10.3. The Kier molecular flexibility index (Phi) is 3.47. The van der Waals surface area contributed by atoms with Crippen LogP contribution in [0, 0.1) is 0 Å². The number of anilines is 1. The minimum atomic E-state index is -4.28. The van der Waals surface area contributed by atoms with Gasteiger partial charge in [0, 0.05) is 11.4 Å². The highest BCUT2D eigenvalue weighted by molar-refractivity contribution is 7.13. The minimum absolute atomic E-state index is 0.0466. The Morgan fingerprint density at radius 1 is 1.61 bits per heavy atom. The van der Waals surface area contributed by atoms with E-state index in [1.165, 1.54) is 17.4 Å². The first-order chi connectivity index (χ1) is 8.40. The van der Waals surface area contributed by atoms with Crippen LogP contribution in [0.1, 0.15) is 23.3 Å². The number of hydrogen-bond donors (Lipinski definition) is 0. The summed E-state index contributed by atoms with van der Waals surface area (Å²) >= 11 is 1.02. The fourth-order valence-corrected chi connectivity index (χ4v) is 2.39.